The van der Waals surface area contributed by atoms with Gasteiger partial charge in [-0.25, -0.2) is 14.8 Å². The van der Waals surface area contributed by atoms with Gasteiger partial charge in [0.25, 0.3) is 11.8 Å². The Kier molecular flexibility index (Phi) is 7.63. The molecule has 0 saturated carbocycles. The fourth-order valence-electron chi connectivity index (χ4n) is 4.02. The number of aliphatic carboxylic acids is 1. The van der Waals surface area contributed by atoms with Crippen molar-refractivity contribution in [3.8, 4) is 0 Å². The number of carbonyl (C=O) groups excluding carboxylic acids is 3. The first-order valence-electron chi connectivity index (χ1n) is 11.4. The summed E-state index contributed by atoms with van der Waals surface area (Å²) in [7, 11) is 0. The van der Waals surface area contributed by atoms with Crippen LogP contribution < -0.4 is 21.4 Å². The number of oxime groups is 1. The van der Waals surface area contributed by atoms with Gasteiger partial charge in [0.1, 0.15) is 27.0 Å². The number of amides is 2. The smallest absolute Gasteiger partial charge is 0.347 e. The molecule has 0 radical (unpaired) electrons. The van der Waals surface area contributed by atoms with E-state index in [4.69, 9.17) is 33.0 Å². The Labute approximate surface area is 242 Å². The minimum atomic E-state index is -1.38. The lowest BCUT2D eigenvalue weighted by molar-refractivity contribution is -0.687. The highest BCUT2D eigenvalue weighted by molar-refractivity contribution is 8.00. The average Bonchev–Trinajstić information content (AvgIpc) is 3.45. The number of β-lactam (4-membered cyclic amide) rings is 1. The Bertz CT molecular complexity index is 1620. The molecule has 40 heavy (non-hydrogen) atoms. The van der Waals surface area contributed by atoms with Crippen molar-refractivity contribution >= 4 is 96.3 Å². The van der Waals surface area contributed by atoms with Crippen LogP contribution in [0.2, 0.25) is 4.34 Å². The summed E-state index contributed by atoms with van der Waals surface area (Å²) in [6.07, 6.45) is 2.92. The Hall–Kier alpha value is -3.80. The molecule has 6 N–H and O–H groups in total. The van der Waals surface area contributed by atoms with E-state index in [0.717, 1.165) is 27.1 Å². The van der Waals surface area contributed by atoms with Crippen LogP contribution in [0, 0.1) is 0 Å². The maximum atomic E-state index is 13.2. The molecule has 2 aliphatic rings. The normalized spacial score (nSPS) is 19.7. The standard InChI is InChI=1S/C22H19ClN8O6S3/c1-8(20(35)36)37-29-14(13-16(23)40-22(25)28-13)17(33)27-15-18(34)31-11(6-32)9(7-38-19(15)31)4-30-3-2-12-10(5-30)26-21(24)39-12/h2-3,5-6,8,15,19H,4,7H2,1H3,(H5-,24,25,26,27,28,33,35,36)/p+1/b29-14-/t8-,15?,19?/m0/s1. The van der Waals surface area contributed by atoms with Gasteiger partial charge in [-0.1, -0.05) is 39.4 Å². The first-order chi connectivity index (χ1) is 19.1. The molecule has 3 aromatic heterocycles. The molecule has 5 heterocycles. The molecule has 2 unspecified atom stereocenters. The molecular weight excluding hydrogens is 604 g/mol. The monoisotopic (exact) mass is 623 g/mol. The molecule has 0 aromatic carbocycles. The van der Waals surface area contributed by atoms with E-state index in [1.54, 1.807) is 0 Å². The van der Waals surface area contributed by atoms with Gasteiger partial charge in [0, 0.05) is 17.4 Å². The van der Waals surface area contributed by atoms with Crippen molar-refractivity contribution in [1.29, 1.82) is 0 Å². The van der Waals surface area contributed by atoms with E-state index in [1.165, 1.54) is 34.9 Å². The molecule has 2 amide bonds. The van der Waals surface area contributed by atoms with E-state index in [1.807, 2.05) is 23.0 Å². The zero-order chi connectivity index (χ0) is 28.7. The van der Waals surface area contributed by atoms with Crippen molar-refractivity contribution < 1.29 is 33.7 Å². The number of allylic oxidation sites excluding steroid dienone is 1. The minimum Gasteiger partial charge on any atom is -0.478 e. The number of rotatable bonds is 9. The first-order valence-corrected chi connectivity index (χ1v) is 14.5. The van der Waals surface area contributed by atoms with Crippen molar-refractivity contribution in [1.82, 2.24) is 20.2 Å². The molecule has 18 heteroatoms. The van der Waals surface area contributed by atoms with Gasteiger partial charge >= 0.3 is 5.97 Å². The lowest BCUT2D eigenvalue weighted by Gasteiger charge is -2.49. The quantitative estimate of drug-likeness (QED) is 0.0853. The number of nitrogens with zero attached hydrogens (tertiary/aromatic N) is 5. The van der Waals surface area contributed by atoms with Crippen LogP contribution in [0.15, 0.2) is 34.9 Å². The summed E-state index contributed by atoms with van der Waals surface area (Å²) in [5.41, 5.74) is 12.6. The fourth-order valence-corrected chi connectivity index (χ4v) is 7.00. The molecule has 2 aliphatic heterocycles. The van der Waals surface area contributed by atoms with Gasteiger partial charge in [-0.05, 0) is 6.92 Å². The number of pyridine rings is 1. The summed E-state index contributed by atoms with van der Waals surface area (Å²) in [5, 5.41) is 15.3. The Balaban J connectivity index is 1.34. The summed E-state index contributed by atoms with van der Waals surface area (Å²) in [4.78, 5) is 64.1. The third-order valence-corrected chi connectivity index (χ3v) is 9.25. The second-order valence-corrected chi connectivity index (χ2v) is 12.4. The van der Waals surface area contributed by atoms with E-state index < -0.39 is 41.0 Å². The largest absolute Gasteiger partial charge is 0.478 e. The predicted octanol–water partition coefficient (Wildman–Crippen LogP) is 0.605. The number of fused-ring (bicyclic) bond motifs is 2. The molecule has 3 atom stereocenters. The number of carboxylic acid groups (broad SMARTS) is 1. The number of aromatic nitrogens is 3. The lowest BCUT2D eigenvalue weighted by Crippen LogP contribution is -2.70. The number of hydrogen-bond donors (Lipinski definition) is 4. The Morgan fingerprint density at radius 2 is 2.12 bits per heavy atom. The average molecular weight is 624 g/mol. The molecule has 3 aromatic rings. The second kappa shape index (κ2) is 11.0. The molecule has 0 aliphatic carbocycles. The molecule has 0 spiro atoms. The summed E-state index contributed by atoms with van der Waals surface area (Å²) in [6.45, 7) is 1.57. The van der Waals surface area contributed by atoms with Crippen molar-refractivity contribution in [2.24, 2.45) is 5.16 Å². The Morgan fingerprint density at radius 1 is 1.38 bits per heavy atom. The van der Waals surface area contributed by atoms with Crippen LogP contribution in [-0.4, -0.2) is 73.0 Å². The van der Waals surface area contributed by atoms with Gasteiger partial charge in [-0.15, -0.1) is 11.8 Å². The zero-order valence-corrected chi connectivity index (χ0v) is 23.6. The summed E-state index contributed by atoms with van der Waals surface area (Å²) < 4.78 is 2.81. The number of nitrogens with two attached hydrogens (primary N) is 2. The van der Waals surface area contributed by atoms with Gasteiger partial charge in [0.2, 0.25) is 6.10 Å². The maximum absolute atomic E-state index is 13.2. The highest BCUT2D eigenvalue weighted by Gasteiger charge is 2.53. The highest BCUT2D eigenvalue weighted by Crippen LogP contribution is 2.40. The van der Waals surface area contributed by atoms with E-state index in [2.05, 4.69) is 20.4 Å². The van der Waals surface area contributed by atoms with Gasteiger partial charge in [-0.2, -0.15) is 4.57 Å². The lowest BCUT2D eigenvalue weighted by atomic mass is 10.0. The van der Waals surface area contributed by atoms with Crippen LogP contribution in [0.5, 0.6) is 0 Å². The third-order valence-electron chi connectivity index (χ3n) is 5.96. The van der Waals surface area contributed by atoms with Crippen molar-refractivity contribution in [3.05, 3.63) is 39.8 Å². The number of thiazole rings is 2. The zero-order valence-electron chi connectivity index (χ0n) is 20.4. The van der Waals surface area contributed by atoms with E-state index in [9.17, 15) is 19.2 Å². The fraction of sp³-hybridized carbons (Fsp3) is 0.273. The van der Waals surface area contributed by atoms with E-state index in [-0.39, 0.29) is 20.9 Å². The Morgan fingerprint density at radius 3 is 2.80 bits per heavy atom. The number of nitrogen functional groups attached to an aromatic ring is 2. The van der Waals surface area contributed by atoms with Crippen LogP contribution >= 0.6 is 46.0 Å². The molecule has 208 valence electrons. The van der Waals surface area contributed by atoms with Crippen molar-refractivity contribution in [2.75, 3.05) is 17.2 Å². The van der Waals surface area contributed by atoms with Gasteiger partial charge in [-0.3, -0.25) is 19.3 Å². The van der Waals surface area contributed by atoms with Gasteiger partial charge in [0.05, 0.1) is 10.4 Å². The van der Waals surface area contributed by atoms with Crippen LogP contribution in [0.1, 0.15) is 12.6 Å². The summed E-state index contributed by atoms with van der Waals surface area (Å²) in [5.74, 6) is -2.26. The molecule has 0 bridgehead atoms. The van der Waals surface area contributed by atoms with E-state index >= 15 is 0 Å². The number of carboxylic acids is 1. The van der Waals surface area contributed by atoms with Gasteiger partial charge < -0.3 is 26.7 Å². The third kappa shape index (κ3) is 5.19. The number of thioether (sulfide) groups is 1. The summed E-state index contributed by atoms with van der Waals surface area (Å²) >= 11 is 9.77. The number of nitrogens with one attached hydrogen (secondary N) is 1. The van der Waals surface area contributed by atoms with Crippen LogP contribution in [0.25, 0.3) is 10.2 Å². The second-order valence-electron chi connectivity index (χ2n) is 8.59. The highest BCUT2D eigenvalue weighted by atomic mass is 35.5. The van der Waals surface area contributed by atoms with Crippen LogP contribution in [0.4, 0.5) is 10.3 Å². The topological polar surface area (TPSA) is 207 Å². The molecular formula is C22H20ClN8O6S3+. The minimum absolute atomic E-state index is 0.0263. The van der Waals surface area contributed by atoms with Crippen LogP contribution in [0.3, 0.4) is 0 Å². The number of hydrogen-bond acceptors (Lipinski definition) is 13. The number of anilines is 2. The molecule has 5 rings (SSSR count). The van der Waals surface area contributed by atoms with Crippen molar-refractivity contribution in [3.63, 3.8) is 0 Å². The van der Waals surface area contributed by atoms with E-state index in [0.29, 0.717) is 23.7 Å². The number of aldehydes is 1. The number of carbonyl (C=O) groups is 4. The molecule has 1 fully saturated rings. The molecule has 14 nitrogen and oxygen atoms in total. The SMILES string of the molecule is C[C@H](O/N=C(\C(=O)NC1C(=O)N2C(C=O)=C(C[n+]3ccc4sc(N)nc4c3)CSC12)c1nc(N)sc1Cl)C(=O)O. The van der Waals surface area contributed by atoms with Crippen molar-refractivity contribution in [2.45, 2.75) is 31.0 Å². The van der Waals surface area contributed by atoms with Gasteiger partial charge in [0.15, 0.2) is 41.2 Å². The maximum Gasteiger partial charge on any atom is 0.347 e. The summed E-state index contributed by atoms with van der Waals surface area (Å²) in [6, 6.07) is 0.888. The predicted molar refractivity (Wildman–Crippen MR) is 149 cm³/mol. The van der Waals surface area contributed by atoms with Crippen LogP contribution in [-0.2, 0) is 30.6 Å². The molecule has 1 saturated heterocycles. The number of halogens is 1. The first kappa shape index (κ1) is 27.8.